The van der Waals surface area contributed by atoms with Crippen molar-refractivity contribution >= 4 is 28.8 Å². The van der Waals surface area contributed by atoms with E-state index in [1.54, 1.807) is 4.90 Å². The highest BCUT2D eigenvalue weighted by molar-refractivity contribution is 7.80. The SMILES string of the molecule is CN1CCN(c2ccc(C(N)=S)cc2)C(C)(C)C1=O. The minimum absolute atomic E-state index is 0.136. The van der Waals surface area contributed by atoms with Gasteiger partial charge in [-0.1, -0.05) is 12.2 Å². The normalized spacial score (nSPS) is 18.6. The zero-order valence-electron chi connectivity index (χ0n) is 11.5. The Morgan fingerprint density at radius 3 is 2.37 bits per heavy atom. The first-order valence-corrected chi connectivity index (χ1v) is 6.68. The number of hydrogen-bond donors (Lipinski definition) is 1. The molecule has 2 N–H and O–H groups in total. The lowest BCUT2D eigenvalue weighted by Gasteiger charge is -2.46. The molecule has 1 aromatic carbocycles. The summed E-state index contributed by atoms with van der Waals surface area (Å²) in [5.74, 6) is 0.136. The first-order valence-electron chi connectivity index (χ1n) is 6.27. The van der Waals surface area contributed by atoms with Gasteiger partial charge in [0.05, 0.1) is 0 Å². The number of benzene rings is 1. The third-order valence-electron chi connectivity index (χ3n) is 3.67. The standard InChI is InChI=1S/C14H19N3OS/c1-14(2)13(18)16(3)8-9-17(14)11-6-4-10(5-7-11)12(15)19/h4-7H,8-9H2,1-3H3,(H2,15,19). The molecule has 1 aliphatic rings. The van der Waals surface area contributed by atoms with E-state index in [4.69, 9.17) is 18.0 Å². The van der Waals surface area contributed by atoms with Crippen LogP contribution >= 0.6 is 12.2 Å². The number of rotatable bonds is 2. The molecule has 1 heterocycles. The van der Waals surface area contributed by atoms with Crippen LogP contribution in [0.15, 0.2) is 24.3 Å². The van der Waals surface area contributed by atoms with E-state index in [-0.39, 0.29) is 5.91 Å². The molecule has 19 heavy (non-hydrogen) atoms. The van der Waals surface area contributed by atoms with Crippen LogP contribution in [0.2, 0.25) is 0 Å². The predicted molar refractivity (Wildman–Crippen MR) is 81.4 cm³/mol. The Morgan fingerprint density at radius 1 is 1.26 bits per heavy atom. The smallest absolute Gasteiger partial charge is 0.247 e. The van der Waals surface area contributed by atoms with Crippen LogP contribution in [-0.2, 0) is 4.79 Å². The lowest BCUT2D eigenvalue weighted by atomic mass is 9.96. The molecule has 1 aliphatic heterocycles. The molecule has 0 atom stereocenters. The largest absolute Gasteiger partial charge is 0.389 e. The molecule has 0 radical (unpaired) electrons. The summed E-state index contributed by atoms with van der Waals surface area (Å²) in [6.45, 7) is 5.46. The number of anilines is 1. The fraction of sp³-hybridized carbons (Fsp3) is 0.429. The van der Waals surface area contributed by atoms with Gasteiger partial charge in [0.25, 0.3) is 0 Å². The summed E-state index contributed by atoms with van der Waals surface area (Å²) in [5.41, 5.74) is 6.93. The van der Waals surface area contributed by atoms with Gasteiger partial charge in [-0.2, -0.15) is 0 Å². The number of likely N-dealkylation sites (N-methyl/N-ethyl adjacent to an activating group) is 1. The van der Waals surface area contributed by atoms with Crippen LogP contribution in [0.1, 0.15) is 19.4 Å². The van der Waals surface area contributed by atoms with Gasteiger partial charge in [-0.15, -0.1) is 0 Å². The molecule has 0 unspecified atom stereocenters. The van der Waals surface area contributed by atoms with E-state index in [1.807, 2.05) is 45.2 Å². The van der Waals surface area contributed by atoms with Gasteiger partial charge in [0.2, 0.25) is 5.91 Å². The summed E-state index contributed by atoms with van der Waals surface area (Å²) in [6.07, 6.45) is 0. The van der Waals surface area contributed by atoms with Crippen molar-refractivity contribution < 1.29 is 4.79 Å². The molecule has 1 amide bonds. The highest BCUT2D eigenvalue weighted by atomic mass is 32.1. The molecule has 0 aromatic heterocycles. The second-order valence-electron chi connectivity index (χ2n) is 5.35. The van der Waals surface area contributed by atoms with E-state index in [0.29, 0.717) is 4.99 Å². The molecule has 1 fully saturated rings. The highest BCUT2D eigenvalue weighted by Gasteiger charge is 2.40. The number of thiocarbonyl (C=S) groups is 1. The fourth-order valence-electron chi connectivity index (χ4n) is 2.47. The maximum atomic E-state index is 12.2. The molecule has 102 valence electrons. The lowest BCUT2D eigenvalue weighted by Crippen LogP contribution is -2.62. The van der Waals surface area contributed by atoms with Crippen LogP contribution in [0.3, 0.4) is 0 Å². The van der Waals surface area contributed by atoms with Crippen molar-refractivity contribution in [3.8, 4) is 0 Å². The van der Waals surface area contributed by atoms with Crippen LogP contribution < -0.4 is 10.6 Å². The quantitative estimate of drug-likeness (QED) is 0.830. The van der Waals surface area contributed by atoms with E-state index in [0.717, 1.165) is 24.3 Å². The number of carbonyl (C=O) groups is 1. The van der Waals surface area contributed by atoms with Crippen LogP contribution in [-0.4, -0.2) is 41.5 Å². The van der Waals surface area contributed by atoms with E-state index in [1.165, 1.54) is 0 Å². The summed E-state index contributed by atoms with van der Waals surface area (Å²) >= 11 is 4.94. The molecular formula is C14H19N3OS. The van der Waals surface area contributed by atoms with Crippen LogP contribution in [0.4, 0.5) is 5.69 Å². The Bertz CT molecular complexity index is 510. The summed E-state index contributed by atoms with van der Waals surface area (Å²) in [6, 6.07) is 7.73. The minimum atomic E-state index is -0.530. The van der Waals surface area contributed by atoms with E-state index in [2.05, 4.69) is 4.90 Å². The van der Waals surface area contributed by atoms with E-state index in [9.17, 15) is 4.79 Å². The molecule has 4 nitrogen and oxygen atoms in total. The third kappa shape index (κ3) is 2.42. The van der Waals surface area contributed by atoms with Gasteiger partial charge in [0.1, 0.15) is 10.5 Å². The van der Waals surface area contributed by atoms with Crippen molar-refractivity contribution in [2.75, 3.05) is 25.0 Å². The highest BCUT2D eigenvalue weighted by Crippen LogP contribution is 2.28. The Labute approximate surface area is 119 Å². The second kappa shape index (κ2) is 4.81. The molecule has 1 saturated heterocycles. The number of nitrogens with two attached hydrogens (primary N) is 1. The third-order valence-corrected chi connectivity index (χ3v) is 3.90. The van der Waals surface area contributed by atoms with Crippen LogP contribution in [0, 0.1) is 0 Å². The maximum absolute atomic E-state index is 12.2. The van der Waals surface area contributed by atoms with E-state index < -0.39 is 5.54 Å². The summed E-state index contributed by atoms with van der Waals surface area (Å²) in [4.78, 5) is 16.5. The van der Waals surface area contributed by atoms with Gasteiger partial charge < -0.3 is 15.5 Å². The molecule has 0 saturated carbocycles. The summed E-state index contributed by atoms with van der Waals surface area (Å²) in [5, 5.41) is 0. The van der Waals surface area contributed by atoms with Gasteiger partial charge in [-0.25, -0.2) is 0 Å². The molecule has 1 aromatic rings. The van der Waals surface area contributed by atoms with Crippen LogP contribution in [0.5, 0.6) is 0 Å². The summed E-state index contributed by atoms with van der Waals surface area (Å²) < 4.78 is 0. The molecule has 2 rings (SSSR count). The number of carbonyl (C=O) groups excluding carboxylic acids is 1. The number of piperazine rings is 1. The van der Waals surface area contributed by atoms with Crippen molar-refractivity contribution in [1.29, 1.82) is 0 Å². The lowest BCUT2D eigenvalue weighted by molar-refractivity contribution is -0.136. The van der Waals surface area contributed by atoms with Crippen molar-refractivity contribution in [3.05, 3.63) is 29.8 Å². The zero-order valence-corrected chi connectivity index (χ0v) is 12.3. The first kappa shape index (κ1) is 13.8. The monoisotopic (exact) mass is 277 g/mol. The Balaban J connectivity index is 2.31. The second-order valence-corrected chi connectivity index (χ2v) is 5.79. The van der Waals surface area contributed by atoms with Gasteiger partial charge in [-0.05, 0) is 38.1 Å². The Hall–Kier alpha value is -1.62. The van der Waals surface area contributed by atoms with Gasteiger partial charge in [0, 0.05) is 31.4 Å². The van der Waals surface area contributed by atoms with Crippen molar-refractivity contribution in [3.63, 3.8) is 0 Å². The van der Waals surface area contributed by atoms with E-state index >= 15 is 0 Å². The fourth-order valence-corrected chi connectivity index (χ4v) is 2.61. The van der Waals surface area contributed by atoms with Crippen molar-refractivity contribution in [2.24, 2.45) is 5.73 Å². The maximum Gasteiger partial charge on any atom is 0.247 e. The van der Waals surface area contributed by atoms with Gasteiger partial charge >= 0.3 is 0 Å². The van der Waals surface area contributed by atoms with Crippen molar-refractivity contribution in [1.82, 2.24) is 4.90 Å². The molecule has 0 spiro atoms. The average molecular weight is 277 g/mol. The molecular weight excluding hydrogens is 258 g/mol. The molecule has 5 heteroatoms. The van der Waals surface area contributed by atoms with Gasteiger partial charge in [0.15, 0.2) is 0 Å². The number of nitrogens with zero attached hydrogens (tertiary/aromatic N) is 2. The predicted octanol–water partition coefficient (Wildman–Crippen LogP) is 1.38. The zero-order chi connectivity index (χ0) is 14.2. The van der Waals surface area contributed by atoms with Crippen molar-refractivity contribution in [2.45, 2.75) is 19.4 Å². The Kier molecular flexibility index (Phi) is 3.49. The summed E-state index contributed by atoms with van der Waals surface area (Å²) in [7, 11) is 1.84. The molecule has 0 aliphatic carbocycles. The minimum Gasteiger partial charge on any atom is -0.389 e. The topological polar surface area (TPSA) is 49.6 Å². The Morgan fingerprint density at radius 2 is 1.84 bits per heavy atom. The average Bonchev–Trinajstić information content (AvgIpc) is 2.36. The first-order chi connectivity index (χ1) is 8.84. The molecule has 0 bridgehead atoms. The number of hydrogen-bond acceptors (Lipinski definition) is 3. The number of amides is 1. The van der Waals surface area contributed by atoms with Gasteiger partial charge in [-0.3, -0.25) is 4.79 Å². The van der Waals surface area contributed by atoms with Crippen LogP contribution in [0.25, 0.3) is 0 Å².